The molecule has 1 aromatic heterocycles. The zero-order valence-corrected chi connectivity index (χ0v) is 11.7. The van der Waals surface area contributed by atoms with Crippen molar-refractivity contribution in [2.45, 2.75) is 0 Å². The summed E-state index contributed by atoms with van der Waals surface area (Å²) in [5.41, 5.74) is 3.11. The molecule has 0 fully saturated rings. The van der Waals surface area contributed by atoms with Crippen molar-refractivity contribution in [2.75, 3.05) is 0 Å². The van der Waals surface area contributed by atoms with E-state index < -0.39 is 0 Å². The standard InChI is InChI=1S/C14H9N2O.Ir/c1-2-5-11(6-3-1)12-7-4-8-13(9-12)14-15-10-17-16-14;/h1-7,9-10H;/q-1;. The summed E-state index contributed by atoms with van der Waals surface area (Å²) in [6.45, 7) is 0. The molecule has 91 valence electrons. The first-order valence-electron chi connectivity index (χ1n) is 5.27. The van der Waals surface area contributed by atoms with E-state index in [1.54, 1.807) is 0 Å². The van der Waals surface area contributed by atoms with Gasteiger partial charge >= 0.3 is 0 Å². The molecule has 0 saturated heterocycles. The topological polar surface area (TPSA) is 38.9 Å². The first kappa shape index (κ1) is 12.7. The SMILES string of the molecule is [Ir].[c-]1ccc(-c2ccccc2)cc1-c1ncon1. The van der Waals surface area contributed by atoms with Crippen LogP contribution in [-0.4, -0.2) is 10.1 Å². The first-order chi connectivity index (χ1) is 8.43. The molecule has 1 heterocycles. The van der Waals surface area contributed by atoms with Crippen LogP contribution in [0.4, 0.5) is 0 Å². The second kappa shape index (κ2) is 5.71. The van der Waals surface area contributed by atoms with Crippen LogP contribution < -0.4 is 0 Å². The Morgan fingerprint density at radius 1 is 1.00 bits per heavy atom. The molecule has 0 bridgehead atoms. The van der Waals surface area contributed by atoms with Gasteiger partial charge in [-0.1, -0.05) is 30.3 Å². The number of hydrogen-bond donors (Lipinski definition) is 0. The molecular weight excluding hydrogens is 404 g/mol. The van der Waals surface area contributed by atoms with Crippen molar-refractivity contribution >= 4 is 0 Å². The van der Waals surface area contributed by atoms with Crippen LogP contribution >= 0.6 is 0 Å². The van der Waals surface area contributed by atoms with E-state index in [0.29, 0.717) is 5.82 Å². The molecule has 1 radical (unpaired) electrons. The van der Waals surface area contributed by atoms with Gasteiger partial charge in [-0.3, -0.25) is 0 Å². The van der Waals surface area contributed by atoms with Crippen LogP contribution in [0.1, 0.15) is 0 Å². The Hall–Kier alpha value is -1.77. The maximum Gasteiger partial charge on any atom is 0.203 e. The van der Waals surface area contributed by atoms with Crippen molar-refractivity contribution in [3.05, 3.63) is 61.0 Å². The Kier molecular flexibility index (Phi) is 4.03. The van der Waals surface area contributed by atoms with Gasteiger partial charge in [0.15, 0.2) is 0 Å². The Labute approximate surface area is 118 Å². The second-order valence-corrected chi connectivity index (χ2v) is 3.61. The monoisotopic (exact) mass is 414 g/mol. The smallest absolute Gasteiger partial charge is 0.203 e. The third kappa shape index (κ3) is 2.55. The fourth-order valence-corrected chi connectivity index (χ4v) is 1.70. The summed E-state index contributed by atoms with van der Waals surface area (Å²) in [5.74, 6) is 0.558. The molecule has 18 heavy (non-hydrogen) atoms. The van der Waals surface area contributed by atoms with Crippen LogP contribution in [0.5, 0.6) is 0 Å². The van der Waals surface area contributed by atoms with Crippen molar-refractivity contribution in [1.82, 2.24) is 10.1 Å². The average Bonchev–Trinajstić information content (AvgIpc) is 2.94. The minimum Gasteiger partial charge on any atom is -0.353 e. The number of aromatic nitrogens is 2. The van der Waals surface area contributed by atoms with E-state index in [1.165, 1.54) is 6.39 Å². The van der Waals surface area contributed by atoms with E-state index in [-0.39, 0.29) is 20.1 Å². The molecule has 0 unspecified atom stereocenters. The van der Waals surface area contributed by atoms with Crippen molar-refractivity contribution < 1.29 is 24.6 Å². The molecule has 2 aromatic carbocycles. The summed E-state index contributed by atoms with van der Waals surface area (Å²) < 4.78 is 4.73. The quantitative estimate of drug-likeness (QED) is 0.606. The molecular formula is C14H9IrN2O-. The van der Waals surface area contributed by atoms with Crippen LogP contribution in [0, 0.1) is 6.07 Å². The van der Waals surface area contributed by atoms with Gasteiger partial charge in [0, 0.05) is 20.1 Å². The van der Waals surface area contributed by atoms with E-state index >= 15 is 0 Å². The van der Waals surface area contributed by atoms with Gasteiger partial charge in [0.25, 0.3) is 0 Å². The molecule has 3 rings (SSSR count). The number of nitrogens with zero attached hydrogens (tertiary/aromatic N) is 2. The first-order valence-corrected chi connectivity index (χ1v) is 5.27. The minimum absolute atomic E-state index is 0. The normalized spacial score (nSPS) is 9.78. The van der Waals surface area contributed by atoms with Gasteiger partial charge in [0.2, 0.25) is 6.39 Å². The van der Waals surface area contributed by atoms with Gasteiger partial charge in [-0.25, -0.2) is 4.98 Å². The van der Waals surface area contributed by atoms with Gasteiger partial charge in [-0.2, -0.15) is 0 Å². The van der Waals surface area contributed by atoms with Gasteiger partial charge < -0.3 is 4.52 Å². The zero-order chi connectivity index (χ0) is 11.5. The second-order valence-electron chi connectivity index (χ2n) is 3.61. The molecule has 0 N–H and O–H groups in total. The minimum atomic E-state index is 0. The molecule has 0 aliphatic rings. The third-order valence-corrected chi connectivity index (χ3v) is 2.51. The number of benzene rings is 2. The van der Waals surface area contributed by atoms with Crippen molar-refractivity contribution in [3.63, 3.8) is 0 Å². The Morgan fingerprint density at radius 2 is 1.83 bits per heavy atom. The van der Waals surface area contributed by atoms with E-state index in [1.807, 2.05) is 36.4 Å². The summed E-state index contributed by atoms with van der Waals surface area (Å²) in [7, 11) is 0. The molecule has 0 aliphatic carbocycles. The van der Waals surface area contributed by atoms with E-state index in [4.69, 9.17) is 4.52 Å². The van der Waals surface area contributed by atoms with E-state index in [0.717, 1.165) is 16.7 Å². The van der Waals surface area contributed by atoms with Crippen molar-refractivity contribution in [3.8, 4) is 22.5 Å². The van der Waals surface area contributed by atoms with Crippen LogP contribution in [0.2, 0.25) is 0 Å². The molecule has 0 aliphatic heterocycles. The number of hydrogen-bond acceptors (Lipinski definition) is 3. The molecule has 0 saturated carbocycles. The zero-order valence-electron chi connectivity index (χ0n) is 9.33. The van der Waals surface area contributed by atoms with Gasteiger partial charge in [0.1, 0.15) is 5.82 Å². The Balaban J connectivity index is 0.00000120. The van der Waals surface area contributed by atoms with Gasteiger partial charge in [-0.15, -0.1) is 40.5 Å². The predicted molar refractivity (Wildman–Crippen MR) is 64.0 cm³/mol. The Morgan fingerprint density at radius 3 is 2.56 bits per heavy atom. The summed E-state index contributed by atoms with van der Waals surface area (Å²) in [6.07, 6.45) is 1.32. The summed E-state index contributed by atoms with van der Waals surface area (Å²) in [4.78, 5) is 4.01. The van der Waals surface area contributed by atoms with Crippen LogP contribution in [0.3, 0.4) is 0 Å². The van der Waals surface area contributed by atoms with Crippen molar-refractivity contribution in [2.24, 2.45) is 0 Å². The molecule has 4 heteroatoms. The fraction of sp³-hybridized carbons (Fsp3) is 0. The largest absolute Gasteiger partial charge is 0.353 e. The summed E-state index contributed by atoms with van der Waals surface area (Å²) in [6, 6.07) is 19.1. The van der Waals surface area contributed by atoms with Crippen LogP contribution in [-0.2, 0) is 20.1 Å². The van der Waals surface area contributed by atoms with E-state index in [2.05, 4.69) is 28.3 Å². The predicted octanol–water partition coefficient (Wildman–Crippen LogP) is 3.20. The average molecular weight is 413 g/mol. The molecule has 0 atom stereocenters. The van der Waals surface area contributed by atoms with Crippen LogP contribution in [0.25, 0.3) is 22.5 Å². The summed E-state index contributed by atoms with van der Waals surface area (Å²) >= 11 is 0. The molecule has 0 spiro atoms. The number of rotatable bonds is 2. The maximum atomic E-state index is 4.73. The van der Waals surface area contributed by atoms with Gasteiger partial charge in [0.05, 0.1) is 0 Å². The summed E-state index contributed by atoms with van der Waals surface area (Å²) in [5, 5.41) is 3.80. The van der Waals surface area contributed by atoms with Crippen molar-refractivity contribution in [1.29, 1.82) is 0 Å². The van der Waals surface area contributed by atoms with E-state index in [9.17, 15) is 0 Å². The van der Waals surface area contributed by atoms with Crippen LogP contribution in [0.15, 0.2) is 59.4 Å². The molecule has 3 nitrogen and oxygen atoms in total. The maximum absolute atomic E-state index is 4.73. The molecule has 3 aromatic rings. The molecule has 0 amide bonds. The fourth-order valence-electron chi connectivity index (χ4n) is 1.70. The van der Waals surface area contributed by atoms with Gasteiger partial charge in [-0.05, 0) is 5.56 Å². The third-order valence-electron chi connectivity index (χ3n) is 2.51. The Bertz CT molecular complexity index is 609.